The number of carbonyl (C=O) groups excluding carboxylic acids is 1. The van der Waals surface area contributed by atoms with Crippen LogP contribution in [-0.4, -0.2) is 42.8 Å². The Morgan fingerprint density at radius 2 is 2.07 bits per heavy atom. The van der Waals surface area contributed by atoms with Gasteiger partial charge in [-0.2, -0.15) is 4.31 Å². The Hall–Kier alpha value is -1.86. The van der Waals surface area contributed by atoms with Gasteiger partial charge in [0.1, 0.15) is 0 Å². The summed E-state index contributed by atoms with van der Waals surface area (Å²) in [6.45, 7) is 8.50. The number of aromatic nitrogens is 1. The summed E-state index contributed by atoms with van der Waals surface area (Å²) < 4.78 is 29.9. The predicted molar refractivity (Wildman–Crippen MR) is 112 cm³/mol. The monoisotopic (exact) mass is 405 g/mol. The molecule has 1 aliphatic heterocycles. The molecule has 1 saturated heterocycles. The Balaban J connectivity index is 1.73. The van der Waals surface area contributed by atoms with Crippen LogP contribution in [0.15, 0.2) is 35.4 Å². The lowest BCUT2D eigenvalue weighted by atomic mass is 9.98. The zero-order valence-electron chi connectivity index (χ0n) is 17.0. The van der Waals surface area contributed by atoms with Gasteiger partial charge in [0.25, 0.3) is 0 Å². The molecular weight excluding hydrogens is 374 g/mol. The maximum atomic E-state index is 13.2. The van der Waals surface area contributed by atoms with Crippen molar-refractivity contribution in [2.24, 2.45) is 11.8 Å². The summed E-state index contributed by atoms with van der Waals surface area (Å²) in [6.07, 6.45) is 4.34. The van der Waals surface area contributed by atoms with Crippen LogP contribution in [0.3, 0.4) is 0 Å². The Kier molecular flexibility index (Phi) is 6.45. The number of rotatable bonds is 7. The predicted octanol–water partition coefficient (Wildman–Crippen LogP) is 3.22. The molecule has 6 nitrogen and oxygen atoms in total. The van der Waals surface area contributed by atoms with E-state index in [0.29, 0.717) is 30.3 Å². The van der Waals surface area contributed by atoms with E-state index in [-0.39, 0.29) is 18.4 Å². The Bertz CT molecular complexity index is 934. The van der Waals surface area contributed by atoms with E-state index in [9.17, 15) is 13.2 Å². The first-order chi connectivity index (χ1) is 13.3. The first kappa shape index (κ1) is 20.9. The van der Waals surface area contributed by atoms with Crippen molar-refractivity contribution in [1.82, 2.24) is 14.2 Å². The van der Waals surface area contributed by atoms with Crippen molar-refractivity contribution >= 4 is 26.8 Å². The van der Waals surface area contributed by atoms with Crippen LogP contribution >= 0.6 is 0 Å². The van der Waals surface area contributed by atoms with Gasteiger partial charge in [0.2, 0.25) is 15.9 Å². The molecule has 3 rings (SSSR count). The van der Waals surface area contributed by atoms with Crippen LogP contribution < -0.4 is 5.32 Å². The molecule has 1 aromatic carbocycles. The summed E-state index contributed by atoms with van der Waals surface area (Å²) in [5, 5.41) is 3.89. The molecule has 1 atom stereocenters. The van der Waals surface area contributed by atoms with Gasteiger partial charge in [-0.15, -0.1) is 0 Å². The summed E-state index contributed by atoms with van der Waals surface area (Å²) >= 11 is 0. The number of fused-ring (bicyclic) bond motifs is 1. The maximum absolute atomic E-state index is 13.2. The molecule has 2 heterocycles. The van der Waals surface area contributed by atoms with E-state index < -0.39 is 10.0 Å². The van der Waals surface area contributed by atoms with E-state index in [2.05, 4.69) is 30.7 Å². The molecular formula is C21H31N3O3S. The van der Waals surface area contributed by atoms with E-state index in [1.165, 1.54) is 4.31 Å². The highest BCUT2D eigenvalue weighted by atomic mass is 32.2. The summed E-state index contributed by atoms with van der Waals surface area (Å²) in [7, 11) is -3.61. The number of carbonyl (C=O) groups is 1. The van der Waals surface area contributed by atoms with Crippen LogP contribution in [0.5, 0.6) is 0 Å². The number of aryl methyl sites for hydroxylation is 1. The molecule has 7 heteroatoms. The first-order valence-corrected chi connectivity index (χ1v) is 11.6. The molecule has 1 N–H and O–H groups in total. The molecule has 0 spiro atoms. The normalized spacial score (nSPS) is 18.6. The smallest absolute Gasteiger partial charge is 0.243 e. The van der Waals surface area contributed by atoms with Crippen molar-refractivity contribution in [1.29, 1.82) is 0 Å². The second-order valence-corrected chi connectivity index (χ2v) is 9.94. The van der Waals surface area contributed by atoms with Crippen molar-refractivity contribution in [2.75, 3.05) is 19.6 Å². The lowest BCUT2D eigenvalue weighted by Crippen LogP contribution is -2.45. The minimum Gasteiger partial charge on any atom is -0.356 e. The van der Waals surface area contributed by atoms with E-state index >= 15 is 0 Å². The molecule has 0 aliphatic carbocycles. The van der Waals surface area contributed by atoms with Crippen molar-refractivity contribution in [2.45, 2.75) is 51.5 Å². The number of nitrogens with zero attached hydrogens (tertiary/aromatic N) is 2. The lowest BCUT2D eigenvalue weighted by molar-refractivity contribution is -0.126. The van der Waals surface area contributed by atoms with Crippen LogP contribution in [0, 0.1) is 11.8 Å². The van der Waals surface area contributed by atoms with Crippen molar-refractivity contribution in [3.63, 3.8) is 0 Å². The molecule has 0 radical (unpaired) electrons. The SMILES string of the molecule is CCn1ccc2cc(S(=O)(=O)N3CCC[C@@H](C(=O)NCCC(C)C)C3)ccc21. The molecule has 1 amide bonds. The molecule has 0 unspecified atom stereocenters. The number of amides is 1. The van der Waals surface area contributed by atoms with E-state index in [1.807, 2.05) is 18.3 Å². The van der Waals surface area contributed by atoms with E-state index in [0.717, 1.165) is 30.3 Å². The van der Waals surface area contributed by atoms with Gasteiger partial charge in [-0.25, -0.2) is 8.42 Å². The minimum absolute atomic E-state index is 0.0315. The Morgan fingerprint density at radius 3 is 2.79 bits per heavy atom. The number of benzene rings is 1. The molecule has 1 fully saturated rings. The molecule has 154 valence electrons. The zero-order chi connectivity index (χ0) is 20.3. The lowest BCUT2D eigenvalue weighted by Gasteiger charge is -2.31. The highest BCUT2D eigenvalue weighted by Crippen LogP contribution is 2.27. The minimum atomic E-state index is -3.61. The van der Waals surface area contributed by atoms with Crippen LogP contribution in [0.4, 0.5) is 0 Å². The molecule has 0 saturated carbocycles. The van der Waals surface area contributed by atoms with Crippen LogP contribution in [0.1, 0.15) is 40.0 Å². The highest BCUT2D eigenvalue weighted by Gasteiger charge is 2.33. The van der Waals surface area contributed by atoms with Crippen molar-refractivity contribution in [3.05, 3.63) is 30.5 Å². The van der Waals surface area contributed by atoms with Crippen LogP contribution in [0.2, 0.25) is 0 Å². The molecule has 1 aliphatic rings. The number of sulfonamides is 1. The van der Waals surface area contributed by atoms with E-state index in [4.69, 9.17) is 0 Å². The van der Waals surface area contributed by atoms with Gasteiger partial charge in [0.15, 0.2) is 0 Å². The topological polar surface area (TPSA) is 71.4 Å². The van der Waals surface area contributed by atoms with Gasteiger partial charge in [-0.3, -0.25) is 4.79 Å². The average Bonchev–Trinajstić information content (AvgIpc) is 3.10. The first-order valence-electron chi connectivity index (χ1n) is 10.2. The molecule has 1 aromatic heterocycles. The number of nitrogens with one attached hydrogen (secondary N) is 1. The Morgan fingerprint density at radius 1 is 1.29 bits per heavy atom. The summed E-state index contributed by atoms with van der Waals surface area (Å²) in [4.78, 5) is 12.8. The third kappa shape index (κ3) is 4.41. The average molecular weight is 406 g/mol. The summed E-state index contributed by atoms with van der Waals surface area (Å²) in [5.41, 5.74) is 1.03. The van der Waals surface area contributed by atoms with Crippen molar-refractivity contribution in [3.8, 4) is 0 Å². The van der Waals surface area contributed by atoms with Crippen LogP contribution in [-0.2, 0) is 21.4 Å². The molecule has 0 bridgehead atoms. The number of piperidine rings is 1. The second-order valence-electron chi connectivity index (χ2n) is 8.00. The number of hydrogen-bond donors (Lipinski definition) is 1. The van der Waals surface area contributed by atoms with Gasteiger partial charge in [-0.05, 0) is 56.4 Å². The summed E-state index contributed by atoms with van der Waals surface area (Å²) in [5.74, 6) is 0.220. The number of hydrogen-bond acceptors (Lipinski definition) is 3. The van der Waals surface area contributed by atoms with Gasteiger partial charge in [-0.1, -0.05) is 13.8 Å². The highest BCUT2D eigenvalue weighted by molar-refractivity contribution is 7.89. The van der Waals surface area contributed by atoms with Gasteiger partial charge < -0.3 is 9.88 Å². The van der Waals surface area contributed by atoms with Gasteiger partial charge >= 0.3 is 0 Å². The Labute approximate surface area is 168 Å². The van der Waals surface area contributed by atoms with E-state index in [1.54, 1.807) is 12.1 Å². The summed E-state index contributed by atoms with van der Waals surface area (Å²) in [6, 6.07) is 7.23. The largest absolute Gasteiger partial charge is 0.356 e. The fourth-order valence-electron chi connectivity index (χ4n) is 3.77. The second kappa shape index (κ2) is 8.66. The fourth-order valence-corrected chi connectivity index (χ4v) is 5.33. The van der Waals surface area contributed by atoms with Gasteiger partial charge in [0.05, 0.1) is 10.8 Å². The van der Waals surface area contributed by atoms with Crippen LogP contribution in [0.25, 0.3) is 10.9 Å². The standard InChI is InChI=1S/C21H31N3O3S/c1-4-23-13-10-17-14-19(7-8-20(17)23)28(26,27)24-12-5-6-18(15-24)21(25)22-11-9-16(2)3/h7-8,10,13-14,16,18H,4-6,9,11-12,15H2,1-3H3,(H,22,25)/t18-/m1/s1. The van der Waals surface area contributed by atoms with Gasteiger partial charge in [0, 0.05) is 43.3 Å². The third-order valence-electron chi connectivity index (χ3n) is 5.50. The fraction of sp³-hybridized carbons (Fsp3) is 0.571. The zero-order valence-corrected chi connectivity index (χ0v) is 17.8. The molecule has 28 heavy (non-hydrogen) atoms. The quantitative estimate of drug-likeness (QED) is 0.769. The van der Waals surface area contributed by atoms with Crippen molar-refractivity contribution < 1.29 is 13.2 Å². The third-order valence-corrected chi connectivity index (χ3v) is 7.36. The molecule has 2 aromatic rings. The maximum Gasteiger partial charge on any atom is 0.243 e.